The van der Waals surface area contributed by atoms with Crippen molar-refractivity contribution in [1.29, 1.82) is 0 Å². The molecule has 0 bridgehead atoms. The molecule has 2 aromatic rings. The van der Waals surface area contributed by atoms with Crippen LogP contribution in [0.15, 0.2) is 47.6 Å². The minimum absolute atomic E-state index is 0.101. The molecule has 0 atom stereocenters. The quantitative estimate of drug-likeness (QED) is 0.923. The van der Waals surface area contributed by atoms with Crippen molar-refractivity contribution in [2.45, 2.75) is 4.90 Å². The largest absolute Gasteiger partial charge is 0.396 e. The van der Waals surface area contributed by atoms with Gasteiger partial charge in [0.25, 0.3) is 5.91 Å². The zero-order valence-corrected chi connectivity index (χ0v) is 12.5. The van der Waals surface area contributed by atoms with Gasteiger partial charge in [-0.2, -0.15) is 0 Å². The normalized spacial score (nSPS) is 11.1. The van der Waals surface area contributed by atoms with E-state index in [0.29, 0.717) is 11.4 Å². The predicted molar refractivity (Wildman–Crippen MR) is 80.9 cm³/mol. The number of nitrogens with two attached hydrogens (primary N) is 1. The Bertz CT molecular complexity index is 788. The second-order valence-corrected chi connectivity index (χ2v) is 6.61. The molecule has 1 aromatic heterocycles. The Morgan fingerprint density at radius 2 is 2.00 bits per heavy atom. The Kier molecular flexibility index (Phi) is 3.95. The van der Waals surface area contributed by atoms with Crippen LogP contribution in [0.4, 0.5) is 11.4 Å². The van der Waals surface area contributed by atoms with E-state index in [9.17, 15) is 13.2 Å². The SMILES string of the molecule is CN(C(=O)c1cccc(S(C)(=O)=O)c1)c1ccncc1N. The van der Waals surface area contributed by atoms with Gasteiger partial charge in [-0.25, -0.2) is 8.42 Å². The molecule has 6 nitrogen and oxygen atoms in total. The standard InChI is InChI=1S/C14H15N3O3S/c1-17(13-6-7-16-9-12(13)15)14(18)10-4-3-5-11(8-10)21(2,19)20/h3-9H,15H2,1-2H3. The van der Waals surface area contributed by atoms with Crippen LogP contribution in [0, 0.1) is 0 Å². The number of anilines is 2. The number of rotatable bonds is 3. The number of pyridine rings is 1. The lowest BCUT2D eigenvalue weighted by Crippen LogP contribution is -2.27. The van der Waals surface area contributed by atoms with Gasteiger partial charge in [0, 0.05) is 25.1 Å². The molecule has 110 valence electrons. The maximum Gasteiger partial charge on any atom is 0.258 e. The molecule has 1 amide bonds. The smallest absolute Gasteiger partial charge is 0.258 e. The lowest BCUT2D eigenvalue weighted by molar-refractivity contribution is 0.0993. The Morgan fingerprint density at radius 1 is 1.29 bits per heavy atom. The highest BCUT2D eigenvalue weighted by molar-refractivity contribution is 7.90. The highest BCUT2D eigenvalue weighted by atomic mass is 32.2. The molecular formula is C14H15N3O3S. The molecule has 0 saturated carbocycles. The number of amides is 1. The van der Waals surface area contributed by atoms with Crippen molar-refractivity contribution >= 4 is 27.1 Å². The summed E-state index contributed by atoms with van der Waals surface area (Å²) in [7, 11) is -1.79. The molecule has 0 unspecified atom stereocenters. The topological polar surface area (TPSA) is 93.4 Å². The first-order chi connectivity index (χ1) is 9.80. The van der Waals surface area contributed by atoms with Gasteiger partial charge in [0.2, 0.25) is 0 Å². The summed E-state index contributed by atoms with van der Waals surface area (Å²) in [5.41, 5.74) is 6.94. The van der Waals surface area contributed by atoms with Crippen LogP contribution in [0.2, 0.25) is 0 Å². The molecule has 7 heteroatoms. The number of carbonyl (C=O) groups is 1. The van der Waals surface area contributed by atoms with Gasteiger partial charge in [0.1, 0.15) is 0 Å². The number of hydrogen-bond acceptors (Lipinski definition) is 5. The van der Waals surface area contributed by atoms with E-state index in [0.717, 1.165) is 6.26 Å². The van der Waals surface area contributed by atoms with Crippen molar-refractivity contribution in [2.24, 2.45) is 0 Å². The fourth-order valence-corrected chi connectivity index (χ4v) is 2.53. The molecular weight excluding hydrogens is 290 g/mol. The fourth-order valence-electron chi connectivity index (χ4n) is 1.87. The van der Waals surface area contributed by atoms with E-state index in [-0.39, 0.29) is 16.4 Å². The summed E-state index contributed by atoms with van der Waals surface area (Å²) in [6, 6.07) is 7.52. The van der Waals surface area contributed by atoms with Crippen LogP contribution in [-0.2, 0) is 9.84 Å². The maximum atomic E-state index is 12.4. The summed E-state index contributed by atoms with van der Waals surface area (Å²) >= 11 is 0. The Labute approximate surface area is 123 Å². The van der Waals surface area contributed by atoms with Crippen LogP contribution >= 0.6 is 0 Å². The first kappa shape index (κ1) is 15.0. The van der Waals surface area contributed by atoms with Gasteiger partial charge in [-0.3, -0.25) is 9.78 Å². The van der Waals surface area contributed by atoms with Gasteiger partial charge < -0.3 is 10.6 Å². The van der Waals surface area contributed by atoms with Gasteiger partial charge in [-0.15, -0.1) is 0 Å². The summed E-state index contributed by atoms with van der Waals surface area (Å²) in [5, 5.41) is 0. The van der Waals surface area contributed by atoms with Crippen LogP contribution in [0.5, 0.6) is 0 Å². The van der Waals surface area contributed by atoms with Crippen LogP contribution in [0.25, 0.3) is 0 Å². The molecule has 1 heterocycles. The van der Waals surface area contributed by atoms with E-state index in [2.05, 4.69) is 4.98 Å². The molecule has 1 aromatic carbocycles. The zero-order chi connectivity index (χ0) is 15.6. The van der Waals surface area contributed by atoms with Crippen molar-refractivity contribution in [3.63, 3.8) is 0 Å². The molecule has 0 spiro atoms. The third kappa shape index (κ3) is 3.19. The van der Waals surface area contributed by atoms with Crippen LogP contribution < -0.4 is 10.6 Å². The second-order valence-electron chi connectivity index (χ2n) is 4.60. The summed E-state index contributed by atoms with van der Waals surface area (Å²) in [5.74, 6) is -0.349. The Hall–Kier alpha value is -2.41. The second kappa shape index (κ2) is 5.53. The summed E-state index contributed by atoms with van der Waals surface area (Å²) < 4.78 is 23.1. The highest BCUT2D eigenvalue weighted by Crippen LogP contribution is 2.22. The van der Waals surface area contributed by atoms with E-state index < -0.39 is 9.84 Å². The van der Waals surface area contributed by atoms with Gasteiger partial charge in [-0.05, 0) is 24.3 Å². The average Bonchev–Trinajstić information content (AvgIpc) is 2.45. The molecule has 21 heavy (non-hydrogen) atoms. The third-order valence-electron chi connectivity index (χ3n) is 3.00. The minimum Gasteiger partial charge on any atom is -0.396 e. The summed E-state index contributed by atoms with van der Waals surface area (Å²) in [4.78, 5) is 17.8. The van der Waals surface area contributed by atoms with Gasteiger partial charge in [0.15, 0.2) is 9.84 Å². The number of hydrogen-bond donors (Lipinski definition) is 1. The van der Waals surface area contributed by atoms with Crippen molar-refractivity contribution in [1.82, 2.24) is 4.98 Å². The van der Waals surface area contributed by atoms with E-state index in [1.807, 2.05) is 0 Å². The number of carbonyl (C=O) groups excluding carboxylic acids is 1. The fraction of sp³-hybridized carbons (Fsp3) is 0.143. The molecule has 2 rings (SSSR count). The van der Waals surface area contributed by atoms with Crippen molar-refractivity contribution < 1.29 is 13.2 Å². The monoisotopic (exact) mass is 305 g/mol. The maximum absolute atomic E-state index is 12.4. The summed E-state index contributed by atoms with van der Waals surface area (Å²) in [6.45, 7) is 0. The molecule has 0 aliphatic carbocycles. The lowest BCUT2D eigenvalue weighted by atomic mass is 10.2. The van der Waals surface area contributed by atoms with Crippen molar-refractivity contribution in [3.8, 4) is 0 Å². The van der Waals surface area contributed by atoms with Crippen LogP contribution in [-0.4, -0.2) is 32.6 Å². The van der Waals surface area contributed by atoms with E-state index in [1.165, 1.54) is 35.5 Å². The average molecular weight is 305 g/mol. The molecule has 0 aliphatic heterocycles. The van der Waals surface area contributed by atoms with E-state index >= 15 is 0 Å². The molecule has 2 N–H and O–H groups in total. The molecule has 0 radical (unpaired) electrons. The minimum atomic E-state index is -3.36. The Balaban J connectivity index is 2.39. The molecule has 0 aliphatic rings. The first-order valence-electron chi connectivity index (χ1n) is 6.08. The van der Waals surface area contributed by atoms with Crippen LogP contribution in [0.1, 0.15) is 10.4 Å². The number of sulfone groups is 1. The Morgan fingerprint density at radius 3 is 2.62 bits per heavy atom. The van der Waals surface area contributed by atoms with Gasteiger partial charge >= 0.3 is 0 Å². The summed E-state index contributed by atoms with van der Waals surface area (Å²) in [6.07, 6.45) is 4.08. The first-order valence-corrected chi connectivity index (χ1v) is 7.97. The van der Waals surface area contributed by atoms with E-state index in [1.54, 1.807) is 19.2 Å². The van der Waals surface area contributed by atoms with Crippen molar-refractivity contribution in [3.05, 3.63) is 48.3 Å². The number of nitrogen functional groups attached to an aromatic ring is 1. The van der Waals surface area contributed by atoms with Gasteiger partial charge in [0.05, 0.1) is 22.5 Å². The van der Waals surface area contributed by atoms with Gasteiger partial charge in [-0.1, -0.05) is 6.07 Å². The molecule has 0 saturated heterocycles. The van der Waals surface area contributed by atoms with E-state index in [4.69, 9.17) is 5.73 Å². The number of benzene rings is 1. The van der Waals surface area contributed by atoms with Crippen molar-refractivity contribution in [2.75, 3.05) is 23.9 Å². The lowest BCUT2D eigenvalue weighted by Gasteiger charge is -2.19. The number of nitrogens with zero attached hydrogens (tertiary/aromatic N) is 2. The predicted octanol–water partition coefficient (Wildman–Crippen LogP) is 1.34. The highest BCUT2D eigenvalue weighted by Gasteiger charge is 2.17. The number of aromatic nitrogens is 1. The zero-order valence-electron chi connectivity index (χ0n) is 11.6. The molecule has 0 fully saturated rings. The third-order valence-corrected chi connectivity index (χ3v) is 4.11. The van der Waals surface area contributed by atoms with Crippen LogP contribution in [0.3, 0.4) is 0 Å².